The molecule has 2 rings (SSSR count). The normalized spacial score (nSPS) is 10.5. The molecule has 33 heavy (non-hydrogen) atoms. The molecular formula is C26H28O7. The predicted octanol–water partition coefficient (Wildman–Crippen LogP) is 4.76. The van der Waals surface area contributed by atoms with Crippen molar-refractivity contribution in [3.8, 4) is 11.5 Å². The van der Waals surface area contributed by atoms with Crippen LogP contribution in [-0.2, 0) is 19.1 Å². The summed E-state index contributed by atoms with van der Waals surface area (Å²) in [7, 11) is 1.55. The number of methoxy groups -OCH3 is 1. The van der Waals surface area contributed by atoms with Gasteiger partial charge in [0, 0.05) is 11.6 Å². The Kier molecular flexibility index (Phi) is 10.4. The van der Waals surface area contributed by atoms with Crippen molar-refractivity contribution >= 4 is 24.0 Å². The van der Waals surface area contributed by atoms with Crippen molar-refractivity contribution in [3.63, 3.8) is 0 Å². The Labute approximate surface area is 193 Å². The van der Waals surface area contributed by atoms with Crippen molar-refractivity contribution in [1.29, 1.82) is 0 Å². The molecule has 0 unspecified atom stereocenters. The van der Waals surface area contributed by atoms with Gasteiger partial charge in [0.2, 0.25) is 0 Å². The first kappa shape index (κ1) is 25.4. The van der Waals surface area contributed by atoms with Gasteiger partial charge < -0.3 is 18.9 Å². The maximum atomic E-state index is 12.2. The summed E-state index contributed by atoms with van der Waals surface area (Å²) in [4.78, 5) is 35.2. The summed E-state index contributed by atoms with van der Waals surface area (Å²) in [6.45, 7) is 5.73. The van der Waals surface area contributed by atoms with E-state index in [0.29, 0.717) is 42.1 Å². The summed E-state index contributed by atoms with van der Waals surface area (Å²) >= 11 is 0. The third kappa shape index (κ3) is 9.43. The minimum absolute atomic E-state index is 0.290. The van der Waals surface area contributed by atoms with Gasteiger partial charge in [-0.05, 0) is 74.2 Å². The average Bonchev–Trinajstić information content (AvgIpc) is 2.82. The van der Waals surface area contributed by atoms with Crippen LogP contribution in [0.15, 0.2) is 66.8 Å². The summed E-state index contributed by atoms with van der Waals surface area (Å²) in [5, 5.41) is 0. The molecular weight excluding hydrogens is 424 g/mol. The Hall–Kier alpha value is -3.87. The van der Waals surface area contributed by atoms with Crippen LogP contribution in [0.1, 0.15) is 42.1 Å². The van der Waals surface area contributed by atoms with Crippen LogP contribution >= 0.6 is 0 Å². The zero-order valence-corrected chi connectivity index (χ0v) is 18.9. The van der Waals surface area contributed by atoms with Crippen LogP contribution in [0.5, 0.6) is 11.5 Å². The van der Waals surface area contributed by atoms with Crippen LogP contribution in [0.25, 0.3) is 6.08 Å². The lowest BCUT2D eigenvalue weighted by Crippen LogP contribution is -2.08. The fourth-order valence-electron chi connectivity index (χ4n) is 2.59. The maximum absolute atomic E-state index is 12.2. The monoisotopic (exact) mass is 452 g/mol. The second-order valence-electron chi connectivity index (χ2n) is 7.16. The number of unbranched alkanes of at least 4 members (excludes halogenated alkanes) is 2. The van der Waals surface area contributed by atoms with E-state index in [9.17, 15) is 14.4 Å². The van der Waals surface area contributed by atoms with Crippen molar-refractivity contribution < 1.29 is 33.3 Å². The van der Waals surface area contributed by atoms with Crippen molar-refractivity contribution in [2.45, 2.75) is 26.2 Å². The molecule has 0 aromatic heterocycles. The lowest BCUT2D eigenvalue weighted by atomic mass is 10.2. The van der Waals surface area contributed by atoms with E-state index < -0.39 is 17.9 Å². The molecule has 7 nitrogen and oxygen atoms in total. The predicted molar refractivity (Wildman–Crippen MR) is 124 cm³/mol. The standard InChI is InChI=1S/C26H28O7/c1-19(2)25(28)32-18-6-4-5-17-31-24(27)16-9-20-7-12-23(13-8-20)33-26(29)21-10-14-22(30-3)15-11-21/h7-16H,1,4-6,17-18H2,2-3H3/b16-9+. The summed E-state index contributed by atoms with van der Waals surface area (Å²) < 4.78 is 20.5. The first-order valence-corrected chi connectivity index (χ1v) is 10.5. The molecule has 0 heterocycles. The molecule has 2 aromatic rings. The number of hydrogen-bond donors (Lipinski definition) is 0. The molecule has 0 amide bonds. The van der Waals surface area contributed by atoms with Gasteiger partial charge in [-0.1, -0.05) is 18.7 Å². The van der Waals surface area contributed by atoms with Crippen LogP contribution in [-0.4, -0.2) is 38.2 Å². The van der Waals surface area contributed by atoms with Gasteiger partial charge in [-0.25, -0.2) is 14.4 Å². The van der Waals surface area contributed by atoms with Gasteiger partial charge in [0.1, 0.15) is 11.5 Å². The molecule has 0 fully saturated rings. The molecule has 0 saturated heterocycles. The Bertz CT molecular complexity index is 973. The highest BCUT2D eigenvalue weighted by Crippen LogP contribution is 2.17. The van der Waals surface area contributed by atoms with Gasteiger partial charge in [-0.15, -0.1) is 0 Å². The summed E-state index contributed by atoms with van der Waals surface area (Å²) in [6, 6.07) is 13.4. The number of hydrogen-bond acceptors (Lipinski definition) is 7. The van der Waals surface area contributed by atoms with Gasteiger partial charge in [0.25, 0.3) is 0 Å². The van der Waals surface area contributed by atoms with Crippen LogP contribution < -0.4 is 9.47 Å². The first-order valence-electron chi connectivity index (χ1n) is 10.5. The number of carbonyl (C=O) groups excluding carboxylic acids is 3. The average molecular weight is 453 g/mol. The number of benzene rings is 2. The van der Waals surface area contributed by atoms with E-state index in [-0.39, 0.29) is 6.61 Å². The third-order valence-electron chi connectivity index (χ3n) is 4.44. The molecule has 0 N–H and O–H groups in total. The van der Waals surface area contributed by atoms with E-state index in [0.717, 1.165) is 12.0 Å². The number of rotatable bonds is 12. The highest BCUT2D eigenvalue weighted by molar-refractivity contribution is 5.91. The molecule has 174 valence electrons. The zero-order chi connectivity index (χ0) is 24.1. The summed E-state index contributed by atoms with van der Waals surface area (Å²) in [5.41, 5.74) is 1.55. The molecule has 0 aliphatic carbocycles. The van der Waals surface area contributed by atoms with Crippen molar-refractivity contribution in [3.05, 3.63) is 77.9 Å². The molecule has 0 spiro atoms. The Balaban J connectivity index is 1.68. The Morgan fingerprint density at radius 3 is 2.06 bits per heavy atom. The molecule has 0 aliphatic rings. The Morgan fingerprint density at radius 2 is 1.45 bits per heavy atom. The van der Waals surface area contributed by atoms with Gasteiger partial charge >= 0.3 is 17.9 Å². The van der Waals surface area contributed by atoms with E-state index in [1.54, 1.807) is 68.6 Å². The molecule has 0 aliphatic heterocycles. The lowest BCUT2D eigenvalue weighted by molar-refractivity contribution is -0.139. The zero-order valence-electron chi connectivity index (χ0n) is 18.9. The smallest absolute Gasteiger partial charge is 0.343 e. The molecule has 7 heteroatoms. The van der Waals surface area contributed by atoms with E-state index in [2.05, 4.69) is 6.58 Å². The van der Waals surface area contributed by atoms with Gasteiger partial charge in [0.15, 0.2) is 0 Å². The van der Waals surface area contributed by atoms with E-state index in [1.807, 2.05) is 0 Å². The highest BCUT2D eigenvalue weighted by Gasteiger charge is 2.08. The third-order valence-corrected chi connectivity index (χ3v) is 4.44. The Morgan fingerprint density at radius 1 is 0.848 bits per heavy atom. The fraction of sp³-hybridized carbons (Fsp3) is 0.269. The topological polar surface area (TPSA) is 88.1 Å². The van der Waals surface area contributed by atoms with Gasteiger partial charge in [-0.3, -0.25) is 0 Å². The fourth-order valence-corrected chi connectivity index (χ4v) is 2.59. The summed E-state index contributed by atoms with van der Waals surface area (Å²) in [6.07, 6.45) is 5.11. The largest absolute Gasteiger partial charge is 0.497 e. The number of ether oxygens (including phenoxy) is 4. The molecule has 0 saturated carbocycles. The lowest BCUT2D eigenvalue weighted by Gasteiger charge is -2.06. The van der Waals surface area contributed by atoms with Crippen LogP contribution in [0.2, 0.25) is 0 Å². The number of carbonyl (C=O) groups is 3. The van der Waals surface area contributed by atoms with Gasteiger partial charge in [0.05, 0.1) is 25.9 Å². The van der Waals surface area contributed by atoms with Crippen molar-refractivity contribution in [2.75, 3.05) is 20.3 Å². The first-order chi connectivity index (χ1) is 15.9. The van der Waals surface area contributed by atoms with Crippen molar-refractivity contribution in [1.82, 2.24) is 0 Å². The molecule has 2 aromatic carbocycles. The minimum atomic E-state index is -0.474. The summed E-state index contributed by atoms with van der Waals surface area (Å²) in [5.74, 6) is -0.264. The van der Waals surface area contributed by atoms with Crippen LogP contribution in [0.4, 0.5) is 0 Å². The SMILES string of the molecule is C=C(C)C(=O)OCCCCCOC(=O)/C=C/c1ccc(OC(=O)c2ccc(OC)cc2)cc1. The quantitative estimate of drug-likeness (QED) is 0.199. The van der Waals surface area contributed by atoms with Crippen molar-refractivity contribution in [2.24, 2.45) is 0 Å². The second-order valence-corrected chi connectivity index (χ2v) is 7.16. The van der Waals surface area contributed by atoms with E-state index in [4.69, 9.17) is 18.9 Å². The number of esters is 3. The van der Waals surface area contributed by atoms with Crippen LogP contribution in [0.3, 0.4) is 0 Å². The second kappa shape index (κ2) is 13.5. The van der Waals surface area contributed by atoms with E-state index >= 15 is 0 Å². The molecule has 0 atom stereocenters. The van der Waals surface area contributed by atoms with E-state index in [1.165, 1.54) is 6.08 Å². The molecule has 0 bridgehead atoms. The minimum Gasteiger partial charge on any atom is -0.497 e. The molecule has 0 radical (unpaired) electrons. The van der Waals surface area contributed by atoms with Gasteiger partial charge in [-0.2, -0.15) is 0 Å². The van der Waals surface area contributed by atoms with Crippen LogP contribution in [0, 0.1) is 0 Å². The highest BCUT2D eigenvalue weighted by atomic mass is 16.5. The maximum Gasteiger partial charge on any atom is 0.343 e.